The summed E-state index contributed by atoms with van der Waals surface area (Å²) in [5.41, 5.74) is 3.08. The Labute approximate surface area is 166 Å². The third-order valence-electron chi connectivity index (χ3n) is 4.38. The summed E-state index contributed by atoms with van der Waals surface area (Å²) in [7, 11) is 0. The van der Waals surface area contributed by atoms with Crippen LogP contribution in [0.5, 0.6) is 0 Å². The number of benzene rings is 3. The molecule has 5 rings (SSSR count). The zero-order chi connectivity index (χ0) is 18.8. The Bertz CT molecular complexity index is 1070. The number of anilines is 1. The van der Waals surface area contributed by atoms with E-state index in [1.807, 2.05) is 74.6 Å². The number of furan rings is 1. The average molecular weight is 394 g/mol. The number of rotatable bonds is 1. The van der Waals surface area contributed by atoms with E-state index in [1.165, 1.54) is 18.2 Å². The van der Waals surface area contributed by atoms with Crippen molar-refractivity contribution in [2.45, 2.75) is 6.54 Å². The van der Waals surface area contributed by atoms with Gasteiger partial charge in [0.1, 0.15) is 0 Å². The second kappa shape index (κ2) is 7.59. The maximum absolute atomic E-state index is 13.8. The Morgan fingerprint density at radius 3 is 2.33 bits per heavy atom. The van der Waals surface area contributed by atoms with Gasteiger partial charge < -0.3 is 4.42 Å². The molecule has 3 aromatic carbocycles. The van der Waals surface area contributed by atoms with Gasteiger partial charge >= 0.3 is 115 Å². The zero-order valence-corrected chi connectivity index (χ0v) is 15.8. The first-order valence-electron chi connectivity index (χ1n) is 8.38. The van der Waals surface area contributed by atoms with Gasteiger partial charge in [-0.05, 0) is 11.8 Å². The van der Waals surface area contributed by atoms with Gasteiger partial charge in [0.05, 0.1) is 0 Å². The molecule has 1 aliphatic heterocycles. The van der Waals surface area contributed by atoms with Crippen molar-refractivity contribution in [1.82, 2.24) is 0 Å². The van der Waals surface area contributed by atoms with Crippen molar-refractivity contribution in [2.75, 3.05) is 4.90 Å². The summed E-state index contributed by atoms with van der Waals surface area (Å²) in [5, 5.41) is 1.11. The first kappa shape index (κ1) is 17.8. The monoisotopic (exact) mass is 394 g/mol. The van der Waals surface area contributed by atoms with Crippen LogP contribution in [-0.4, -0.2) is 3.94 Å². The van der Waals surface area contributed by atoms with Crippen molar-refractivity contribution in [3.05, 3.63) is 102 Å². The summed E-state index contributed by atoms with van der Waals surface area (Å²) in [6, 6.07) is 21.5. The third kappa shape index (κ3) is 3.51. The molecule has 0 saturated carbocycles. The van der Waals surface area contributed by atoms with Crippen molar-refractivity contribution in [3.8, 4) is 0 Å². The molecule has 0 radical (unpaired) electrons. The Morgan fingerprint density at radius 1 is 0.889 bits per heavy atom. The van der Waals surface area contributed by atoms with Gasteiger partial charge in [-0.15, -0.1) is 17.5 Å². The van der Waals surface area contributed by atoms with E-state index >= 15 is 0 Å². The Kier molecular flexibility index (Phi) is 5.01. The van der Waals surface area contributed by atoms with E-state index < -0.39 is 11.6 Å². The van der Waals surface area contributed by atoms with E-state index in [1.54, 1.807) is 4.90 Å². The van der Waals surface area contributed by atoms with E-state index in [9.17, 15) is 8.78 Å². The summed E-state index contributed by atoms with van der Waals surface area (Å²) in [5.74, 6) is -1.05. The molecule has 0 fully saturated rings. The van der Waals surface area contributed by atoms with Crippen LogP contribution >= 0.6 is 0 Å². The number of halogens is 2. The minimum Gasteiger partial charge on any atom is -0.591 e. The molecule has 0 unspecified atom stereocenters. The van der Waals surface area contributed by atoms with Crippen LogP contribution in [0, 0.1) is 17.9 Å². The quantitative estimate of drug-likeness (QED) is 0.324. The molecule has 0 bridgehead atoms. The molecule has 0 aliphatic carbocycles. The predicted octanol–water partition coefficient (Wildman–Crippen LogP) is 5.24. The predicted molar refractivity (Wildman–Crippen MR) is 98.1 cm³/mol. The molecule has 2 heterocycles. The van der Waals surface area contributed by atoms with E-state index in [0.717, 1.165) is 26.0 Å². The Balaban J connectivity index is 0.000000167. The summed E-state index contributed by atoms with van der Waals surface area (Å²) >= 11 is 1.89. The van der Waals surface area contributed by atoms with Crippen molar-refractivity contribution >= 4 is 20.6 Å². The number of para-hydroxylation sites is 2. The van der Waals surface area contributed by atoms with Crippen LogP contribution in [0.2, 0.25) is 0 Å². The van der Waals surface area contributed by atoms with Crippen LogP contribution in [0.4, 0.5) is 14.5 Å². The van der Waals surface area contributed by atoms with E-state index in [-0.39, 0.29) is 5.69 Å². The first-order chi connectivity index (χ1) is 13.1. The van der Waals surface area contributed by atoms with Crippen LogP contribution in [0.3, 0.4) is 0 Å². The second-order valence-electron chi connectivity index (χ2n) is 6.06. The van der Waals surface area contributed by atoms with Gasteiger partial charge in [-0.1, -0.05) is 18.2 Å². The van der Waals surface area contributed by atoms with E-state index in [0.29, 0.717) is 6.54 Å². The molecule has 5 heteroatoms. The normalized spacial score (nSPS) is 12.7. The van der Waals surface area contributed by atoms with Gasteiger partial charge in [-0.25, -0.2) is 0 Å². The molecule has 1 aliphatic rings. The average Bonchev–Trinajstić information content (AvgIpc) is 3.28. The molecule has 27 heavy (non-hydrogen) atoms. The van der Waals surface area contributed by atoms with E-state index in [2.05, 4.69) is 6.26 Å². The molecule has 0 spiro atoms. The number of nitrogens with zero attached hydrogens (tertiary/aromatic N) is 1. The Morgan fingerprint density at radius 2 is 1.59 bits per heavy atom. The molecule has 0 amide bonds. The largest absolute Gasteiger partial charge is 0.591 e. The van der Waals surface area contributed by atoms with Gasteiger partial charge in [0, 0.05) is 0 Å². The fourth-order valence-corrected chi connectivity index (χ4v) is 3.75. The van der Waals surface area contributed by atoms with Crippen molar-refractivity contribution < 1.29 is 33.2 Å². The van der Waals surface area contributed by atoms with Gasteiger partial charge in [0.2, 0.25) is 0 Å². The molecule has 0 N–H and O–H groups in total. The standard InChI is InChI=1S/C14H9F2N.C8H5O.Ti/c15-12-6-3-7-13(16)14(12)17-8-10-4-1-2-5-11(10)9-17;1-2-4-8-7(3-1)5-6-9-8;/h1-7H,8H2;1-5H;/q;-1;+1. The molecule has 131 valence electrons. The second-order valence-corrected chi connectivity index (χ2v) is 6.80. The van der Waals surface area contributed by atoms with Crippen LogP contribution in [-0.2, 0) is 26.5 Å². The fourth-order valence-electron chi connectivity index (χ4n) is 3.07. The molecular formula is C22H14F2NOTi. The minimum atomic E-state index is -0.526. The van der Waals surface area contributed by atoms with Crippen LogP contribution in [0.15, 0.2) is 77.2 Å². The van der Waals surface area contributed by atoms with Gasteiger partial charge in [0.15, 0.2) is 0 Å². The van der Waals surface area contributed by atoms with Crippen LogP contribution in [0.1, 0.15) is 11.1 Å². The number of hydrogen-bond acceptors (Lipinski definition) is 2. The summed E-state index contributed by atoms with van der Waals surface area (Å²) in [4.78, 5) is 1.69. The summed E-state index contributed by atoms with van der Waals surface area (Å²) < 4.78 is 33.5. The molecular weight excluding hydrogens is 380 g/mol. The van der Waals surface area contributed by atoms with Crippen LogP contribution in [0.25, 0.3) is 11.0 Å². The number of fused-ring (bicyclic) bond motifs is 2. The topological polar surface area (TPSA) is 16.4 Å². The van der Waals surface area contributed by atoms with Crippen LogP contribution < -0.4 is 4.90 Å². The summed E-state index contributed by atoms with van der Waals surface area (Å²) in [6.45, 7) is 0.514. The smallest absolute Gasteiger partial charge is 0.00701 e. The third-order valence-corrected chi connectivity index (χ3v) is 5.22. The van der Waals surface area contributed by atoms with Gasteiger partial charge in [0.25, 0.3) is 0 Å². The zero-order valence-electron chi connectivity index (χ0n) is 14.2. The molecule has 0 saturated heterocycles. The molecule has 4 aromatic rings. The molecule has 0 atom stereocenters. The van der Waals surface area contributed by atoms with Gasteiger partial charge in [-0.2, -0.15) is 0 Å². The first-order valence-corrected chi connectivity index (χ1v) is 9.16. The van der Waals surface area contributed by atoms with Crippen molar-refractivity contribution in [1.29, 1.82) is 0 Å². The Hall–Kier alpha value is -2.56. The maximum atomic E-state index is 13.8. The summed E-state index contributed by atoms with van der Waals surface area (Å²) in [6.07, 6.45) is 2.66. The van der Waals surface area contributed by atoms with E-state index in [4.69, 9.17) is 4.42 Å². The fraction of sp³-hybridized carbons (Fsp3) is 0.0455. The minimum absolute atomic E-state index is 0.0335. The molecule has 1 aromatic heterocycles. The van der Waals surface area contributed by atoms with Crippen molar-refractivity contribution in [3.63, 3.8) is 0 Å². The van der Waals surface area contributed by atoms with Gasteiger partial charge in [-0.3, -0.25) is 0 Å². The molecule has 2 nitrogen and oxygen atoms in total. The maximum Gasteiger partial charge on any atom is -0.00701 e. The van der Waals surface area contributed by atoms with Crippen molar-refractivity contribution in [2.24, 2.45) is 0 Å². The SMILES string of the molecule is Fc1cccc(F)c1N1Cc2ccccc2[C]1=[Ti+].[c-]1cc2ccccc2o1. The number of hydrogen-bond donors (Lipinski definition) is 0.